The van der Waals surface area contributed by atoms with E-state index < -0.39 is 11.6 Å². The zero-order chi connectivity index (χ0) is 16.1. The summed E-state index contributed by atoms with van der Waals surface area (Å²) in [7, 11) is 0. The van der Waals surface area contributed by atoms with Gasteiger partial charge in [-0.25, -0.2) is 0 Å². The van der Waals surface area contributed by atoms with E-state index in [1.165, 1.54) is 32.1 Å². The van der Waals surface area contributed by atoms with E-state index in [0.29, 0.717) is 12.3 Å². The van der Waals surface area contributed by atoms with Gasteiger partial charge >= 0.3 is 5.97 Å². The Bertz CT molecular complexity index is 430. The molecule has 3 saturated carbocycles. The molecule has 8 atom stereocenters. The maximum Gasteiger partial charge on any atom is 0.306 e. The monoisotopic (exact) mass is 308 g/mol. The molecule has 3 aliphatic carbocycles. The van der Waals surface area contributed by atoms with Gasteiger partial charge in [0.1, 0.15) is 0 Å². The van der Waals surface area contributed by atoms with E-state index in [0.717, 1.165) is 35.5 Å². The summed E-state index contributed by atoms with van der Waals surface area (Å²) in [4.78, 5) is 11.0. The lowest BCUT2D eigenvalue weighted by molar-refractivity contribution is -0.142. The Labute approximate surface area is 134 Å². The quantitative estimate of drug-likeness (QED) is 0.781. The number of carboxylic acids is 1. The number of carbonyl (C=O) groups is 1. The van der Waals surface area contributed by atoms with Crippen molar-refractivity contribution in [1.29, 1.82) is 0 Å². The molecule has 22 heavy (non-hydrogen) atoms. The van der Waals surface area contributed by atoms with Crippen LogP contribution in [0.2, 0.25) is 0 Å². The molecule has 3 rings (SSSR count). The van der Waals surface area contributed by atoms with E-state index in [9.17, 15) is 9.90 Å². The largest absolute Gasteiger partial charge is 0.481 e. The first-order chi connectivity index (χ1) is 10.4. The van der Waals surface area contributed by atoms with Gasteiger partial charge in [-0.2, -0.15) is 0 Å². The van der Waals surface area contributed by atoms with Crippen molar-refractivity contribution in [2.45, 2.75) is 71.3 Å². The Hall–Kier alpha value is -0.570. The molecular weight excluding hydrogens is 276 g/mol. The molecule has 2 bridgehead atoms. The molecule has 0 aliphatic heterocycles. The third-order valence-corrected chi connectivity index (χ3v) is 7.25. The first-order valence-electron chi connectivity index (χ1n) is 9.30. The van der Waals surface area contributed by atoms with E-state index in [2.05, 4.69) is 13.8 Å². The number of aliphatic hydroxyl groups is 1. The van der Waals surface area contributed by atoms with Crippen LogP contribution in [-0.2, 0) is 4.79 Å². The molecule has 0 amide bonds. The molecule has 0 radical (unpaired) electrons. The predicted molar refractivity (Wildman–Crippen MR) is 86.4 cm³/mol. The molecule has 0 aromatic carbocycles. The van der Waals surface area contributed by atoms with Crippen LogP contribution in [0.1, 0.15) is 65.7 Å². The molecule has 0 spiro atoms. The van der Waals surface area contributed by atoms with E-state index in [-0.39, 0.29) is 6.42 Å². The summed E-state index contributed by atoms with van der Waals surface area (Å²) in [6.45, 7) is 6.40. The smallest absolute Gasteiger partial charge is 0.306 e. The normalized spacial score (nSPS) is 45.7. The van der Waals surface area contributed by atoms with Gasteiger partial charge in [0, 0.05) is 0 Å². The van der Waals surface area contributed by atoms with Crippen molar-refractivity contribution in [3.8, 4) is 0 Å². The molecular formula is C19H32O3. The third kappa shape index (κ3) is 2.70. The van der Waals surface area contributed by atoms with Gasteiger partial charge < -0.3 is 10.2 Å². The number of hydrogen-bond acceptors (Lipinski definition) is 2. The molecule has 126 valence electrons. The molecule has 3 aliphatic rings. The van der Waals surface area contributed by atoms with Gasteiger partial charge in [-0.05, 0) is 74.0 Å². The highest BCUT2D eigenvalue weighted by atomic mass is 16.4. The van der Waals surface area contributed by atoms with Crippen molar-refractivity contribution < 1.29 is 15.0 Å². The zero-order valence-corrected chi connectivity index (χ0v) is 14.3. The van der Waals surface area contributed by atoms with Crippen molar-refractivity contribution in [3.05, 3.63) is 0 Å². The highest BCUT2D eigenvalue weighted by molar-refractivity contribution is 5.68. The van der Waals surface area contributed by atoms with Crippen LogP contribution < -0.4 is 0 Å². The van der Waals surface area contributed by atoms with E-state index in [4.69, 9.17) is 5.11 Å². The molecule has 2 N–H and O–H groups in total. The fourth-order valence-corrected chi connectivity index (χ4v) is 6.73. The SMILES string of the molecule is CCC1CC(CC)C2C3CC(CC3CC(C)(O)CC(=O)O)C12. The summed E-state index contributed by atoms with van der Waals surface area (Å²) in [6.07, 6.45) is 7.15. The van der Waals surface area contributed by atoms with Crippen LogP contribution in [0.15, 0.2) is 0 Å². The average Bonchev–Trinajstić information content (AvgIpc) is 3.05. The summed E-state index contributed by atoms with van der Waals surface area (Å²) < 4.78 is 0. The molecule has 0 heterocycles. The van der Waals surface area contributed by atoms with Crippen LogP contribution in [0.5, 0.6) is 0 Å². The second-order valence-electron chi connectivity index (χ2n) is 8.65. The Morgan fingerprint density at radius 1 is 1.05 bits per heavy atom. The van der Waals surface area contributed by atoms with E-state index in [1.54, 1.807) is 6.92 Å². The molecule has 8 unspecified atom stereocenters. The van der Waals surface area contributed by atoms with Crippen LogP contribution >= 0.6 is 0 Å². The Morgan fingerprint density at radius 2 is 1.68 bits per heavy atom. The van der Waals surface area contributed by atoms with Crippen LogP contribution in [0.25, 0.3) is 0 Å². The van der Waals surface area contributed by atoms with Crippen molar-refractivity contribution in [2.75, 3.05) is 0 Å². The van der Waals surface area contributed by atoms with Crippen molar-refractivity contribution >= 4 is 5.97 Å². The first-order valence-corrected chi connectivity index (χ1v) is 9.30. The minimum atomic E-state index is -1.04. The summed E-state index contributed by atoms with van der Waals surface area (Å²) in [5.41, 5.74) is -1.04. The highest BCUT2D eigenvalue weighted by Gasteiger charge is 2.59. The second kappa shape index (κ2) is 5.81. The lowest BCUT2D eigenvalue weighted by atomic mass is 9.68. The summed E-state index contributed by atoms with van der Waals surface area (Å²) in [5.74, 6) is 4.84. The highest BCUT2D eigenvalue weighted by Crippen LogP contribution is 2.66. The van der Waals surface area contributed by atoms with Gasteiger partial charge in [0.15, 0.2) is 0 Å². The number of aliphatic carboxylic acids is 1. The molecule has 3 heteroatoms. The number of fused-ring (bicyclic) bond motifs is 5. The van der Waals surface area contributed by atoms with Crippen LogP contribution in [0, 0.1) is 41.4 Å². The first kappa shape index (κ1) is 16.3. The topological polar surface area (TPSA) is 57.5 Å². The Kier molecular flexibility index (Phi) is 4.30. The average molecular weight is 308 g/mol. The minimum Gasteiger partial charge on any atom is -0.481 e. The summed E-state index contributed by atoms with van der Waals surface area (Å²) >= 11 is 0. The molecule has 3 fully saturated rings. The van der Waals surface area contributed by atoms with E-state index in [1.807, 2.05) is 0 Å². The standard InChI is InChI=1S/C19H32O3/c1-4-11-6-12(5-2)18-15-8-13(17(11)18)7-14(15)9-19(3,22)10-16(20)21/h11-15,17-18,22H,4-10H2,1-3H3,(H,20,21). The molecule has 3 nitrogen and oxygen atoms in total. The number of carboxylic acid groups (broad SMARTS) is 1. The number of rotatable bonds is 6. The molecule has 0 aromatic rings. The van der Waals surface area contributed by atoms with Gasteiger partial charge in [0.25, 0.3) is 0 Å². The van der Waals surface area contributed by atoms with Crippen molar-refractivity contribution in [1.82, 2.24) is 0 Å². The van der Waals surface area contributed by atoms with Crippen LogP contribution in [0.3, 0.4) is 0 Å². The minimum absolute atomic E-state index is 0.121. The maximum atomic E-state index is 11.0. The Balaban J connectivity index is 1.71. The lowest BCUT2D eigenvalue weighted by Gasteiger charge is -2.38. The van der Waals surface area contributed by atoms with Crippen molar-refractivity contribution in [3.63, 3.8) is 0 Å². The third-order valence-electron chi connectivity index (χ3n) is 7.25. The summed E-state index contributed by atoms with van der Waals surface area (Å²) in [6, 6.07) is 0. The van der Waals surface area contributed by atoms with Gasteiger partial charge in [0.05, 0.1) is 12.0 Å². The fraction of sp³-hybridized carbons (Fsp3) is 0.947. The van der Waals surface area contributed by atoms with Gasteiger partial charge in [-0.15, -0.1) is 0 Å². The zero-order valence-electron chi connectivity index (χ0n) is 14.3. The molecule has 0 aromatic heterocycles. The summed E-state index contributed by atoms with van der Waals surface area (Å²) in [5, 5.41) is 19.4. The van der Waals surface area contributed by atoms with Crippen LogP contribution in [-0.4, -0.2) is 21.8 Å². The molecule has 0 saturated heterocycles. The van der Waals surface area contributed by atoms with Gasteiger partial charge in [0.2, 0.25) is 0 Å². The van der Waals surface area contributed by atoms with Crippen molar-refractivity contribution in [2.24, 2.45) is 41.4 Å². The van der Waals surface area contributed by atoms with E-state index >= 15 is 0 Å². The van der Waals surface area contributed by atoms with Crippen LogP contribution in [0.4, 0.5) is 0 Å². The fourth-order valence-electron chi connectivity index (χ4n) is 6.73. The van der Waals surface area contributed by atoms with Gasteiger partial charge in [-0.3, -0.25) is 4.79 Å². The Morgan fingerprint density at radius 3 is 2.27 bits per heavy atom. The predicted octanol–water partition coefficient (Wildman–Crippen LogP) is 3.95. The van der Waals surface area contributed by atoms with Gasteiger partial charge in [-0.1, -0.05) is 26.7 Å². The number of hydrogen-bond donors (Lipinski definition) is 2. The lowest BCUT2D eigenvalue weighted by Crippen LogP contribution is -2.36. The second-order valence-corrected chi connectivity index (χ2v) is 8.65. The maximum absolute atomic E-state index is 11.0.